The lowest BCUT2D eigenvalue weighted by Gasteiger charge is -2.06. The van der Waals surface area contributed by atoms with Crippen LogP contribution >= 0.6 is 15.9 Å². The predicted octanol–water partition coefficient (Wildman–Crippen LogP) is 2.22. The van der Waals surface area contributed by atoms with E-state index in [9.17, 15) is 0 Å². The van der Waals surface area contributed by atoms with E-state index >= 15 is 0 Å². The van der Waals surface area contributed by atoms with E-state index in [4.69, 9.17) is 9.84 Å². The normalized spacial score (nSPS) is 10.5. The summed E-state index contributed by atoms with van der Waals surface area (Å²) < 4.78 is 8.33. The molecule has 0 unspecified atom stereocenters. The summed E-state index contributed by atoms with van der Waals surface area (Å²) in [5, 5.41) is 13.0. The van der Waals surface area contributed by atoms with Crippen molar-refractivity contribution < 1.29 is 9.84 Å². The molecule has 0 spiro atoms. The molecule has 0 saturated carbocycles. The Morgan fingerprint density at radius 1 is 1.41 bits per heavy atom. The second kappa shape index (κ2) is 5.84. The second-order valence-electron chi connectivity index (χ2n) is 3.58. The van der Waals surface area contributed by atoms with E-state index < -0.39 is 0 Å². The first-order valence-corrected chi connectivity index (χ1v) is 6.08. The molecule has 90 valence electrons. The van der Waals surface area contributed by atoms with Gasteiger partial charge in [0.1, 0.15) is 12.4 Å². The first kappa shape index (κ1) is 12.1. The number of aliphatic hydroxyl groups is 1. The Morgan fingerprint density at radius 3 is 3.00 bits per heavy atom. The molecule has 5 heteroatoms. The maximum atomic E-state index is 8.90. The number of halogens is 1. The highest BCUT2D eigenvalue weighted by atomic mass is 79.9. The molecule has 1 N–H and O–H groups in total. The lowest BCUT2D eigenvalue weighted by molar-refractivity contribution is 0.280. The van der Waals surface area contributed by atoms with Gasteiger partial charge in [0.25, 0.3) is 0 Å². The minimum absolute atomic E-state index is 0.0203. The molecule has 0 aliphatic rings. The summed E-state index contributed by atoms with van der Waals surface area (Å²) >= 11 is 3.39. The number of aliphatic hydroxyl groups excluding tert-OH is 1. The average Bonchev–Trinajstić information content (AvgIpc) is 2.77. The standard InChI is InChI=1S/C12H13BrN2O2/c13-11-2-1-3-12(6-11)17-5-4-15-8-10(9-16)7-14-15/h1-3,6-8,16H,4-5,9H2. The van der Waals surface area contributed by atoms with E-state index in [0.29, 0.717) is 13.2 Å². The summed E-state index contributed by atoms with van der Waals surface area (Å²) in [7, 11) is 0. The summed E-state index contributed by atoms with van der Waals surface area (Å²) in [6, 6.07) is 7.71. The van der Waals surface area contributed by atoms with E-state index in [2.05, 4.69) is 21.0 Å². The van der Waals surface area contributed by atoms with Crippen molar-refractivity contribution in [3.05, 3.63) is 46.7 Å². The largest absolute Gasteiger partial charge is 0.492 e. The van der Waals surface area contributed by atoms with Gasteiger partial charge in [-0.1, -0.05) is 22.0 Å². The van der Waals surface area contributed by atoms with Crippen LogP contribution in [-0.4, -0.2) is 21.5 Å². The monoisotopic (exact) mass is 296 g/mol. The molecule has 0 fully saturated rings. The molecule has 0 saturated heterocycles. The van der Waals surface area contributed by atoms with Crippen LogP contribution in [0.5, 0.6) is 5.75 Å². The van der Waals surface area contributed by atoms with Gasteiger partial charge in [0, 0.05) is 16.2 Å². The highest BCUT2D eigenvalue weighted by molar-refractivity contribution is 9.10. The van der Waals surface area contributed by atoms with Crippen molar-refractivity contribution in [2.75, 3.05) is 6.61 Å². The molecule has 0 amide bonds. The van der Waals surface area contributed by atoms with Crippen molar-refractivity contribution in [2.24, 2.45) is 0 Å². The van der Waals surface area contributed by atoms with Gasteiger partial charge in [-0.3, -0.25) is 4.68 Å². The Labute approximate surface area is 108 Å². The molecule has 17 heavy (non-hydrogen) atoms. The molecule has 1 heterocycles. The molecule has 0 aliphatic heterocycles. The first-order chi connectivity index (χ1) is 8.28. The quantitative estimate of drug-likeness (QED) is 0.920. The Morgan fingerprint density at radius 2 is 2.29 bits per heavy atom. The summed E-state index contributed by atoms with van der Waals surface area (Å²) in [6.07, 6.45) is 3.46. The number of rotatable bonds is 5. The van der Waals surface area contributed by atoms with Gasteiger partial charge >= 0.3 is 0 Å². The van der Waals surface area contributed by atoms with Crippen LogP contribution in [0.15, 0.2) is 41.1 Å². The van der Waals surface area contributed by atoms with Gasteiger partial charge in [0.2, 0.25) is 0 Å². The van der Waals surface area contributed by atoms with Crippen molar-refractivity contribution in [1.82, 2.24) is 9.78 Å². The third-order valence-corrected chi connectivity index (χ3v) is 2.75. The lowest BCUT2D eigenvalue weighted by atomic mass is 10.3. The van der Waals surface area contributed by atoms with Crippen LogP contribution < -0.4 is 4.74 Å². The number of aromatic nitrogens is 2. The van der Waals surface area contributed by atoms with Gasteiger partial charge < -0.3 is 9.84 Å². The molecule has 1 aromatic heterocycles. The zero-order chi connectivity index (χ0) is 12.1. The zero-order valence-electron chi connectivity index (χ0n) is 9.21. The summed E-state index contributed by atoms with van der Waals surface area (Å²) in [4.78, 5) is 0. The summed E-state index contributed by atoms with van der Waals surface area (Å²) in [5.41, 5.74) is 0.812. The van der Waals surface area contributed by atoms with E-state index in [1.165, 1.54) is 0 Å². The lowest BCUT2D eigenvalue weighted by Crippen LogP contribution is -2.08. The summed E-state index contributed by atoms with van der Waals surface area (Å²) in [5.74, 6) is 0.828. The fourth-order valence-corrected chi connectivity index (χ4v) is 1.80. The molecule has 2 aromatic rings. The third-order valence-electron chi connectivity index (χ3n) is 2.25. The molecule has 0 bridgehead atoms. The minimum atomic E-state index is 0.0203. The minimum Gasteiger partial charge on any atom is -0.492 e. The molecule has 2 rings (SSSR count). The fourth-order valence-electron chi connectivity index (χ4n) is 1.42. The van der Waals surface area contributed by atoms with Gasteiger partial charge in [-0.2, -0.15) is 5.10 Å². The maximum absolute atomic E-state index is 8.90. The van der Waals surface area contributed by atoms with Crippen LogP contribution in [0.3, 0.4) is 0 Å². The molecule has 0 aliphatic carbocycles. The van der Waals surface area contributed by atoms with Gasteiger partial charge in [0.05, 0.1) is 19.3 Å². The molecule has 0 radical (unpaired) electrons. The highest BCUT2D eigenvalue weighted by Crippen LogP contribution is 2.17. The predicted molar refractivity (Wildman–Crippen MR) is 67.8 cm³/mol. The molecule has 1 aromatic carbocycles. The van der Waals surface area contributed by atoms with E-state index in [1.54, 1.807) is 10.9 Å². The number of ether oxygens (including phenoxy) is 1. The van der Waals surface area contributed by atoms with Crippen LogP contribution in [0.2, 0.25) is 0 Å². The van der Waals surface area contributed by atoms with Crippen LogP contribution in [0.4, 0.5) is 0 Å². The van der Waals surface area contributed by atoms with Crippen LogP contribution in [0.25, 0.3) is 0 Å². The van der Waals surface area contributed by atoms with Crippen molar-refractivity contribution >= 4 is 15.9 Å². The SMILES string of the molecule is OCc1cnn(CCOc2cccc(Br)c2)c1. The Balaban J connectivity index is 1.83. The highest BCUT2D eigenvalue weighted by Gasteiger charge is 1.98. The Bertz CT molecular complexity index is 485. The van der Waals surface area contributed by atoms with Gasteiger partial charge in [0.15, 0.2) is 0 Å². The van der Waals surface area contributed by atoms with Gasteiger partial charge in [-0.25, -0.2) is 0 Å². The van der Waals surface area contributed by atoms with Gasteiger partial charge in [-0.15, -0.1) is 0 Å². The number of benzene rings is 1. The van der Waals surface area contributed by atoms with Crippen molar-refractivity contribution in [1.29, 1.82) is 0 Å². The fraction of sp³-hybridized carbons (Fsp3) is 0.250. The van der Waals surface area contributed by atoms with Gasteiger partial charge in [-0.05, 0) is 18.2 Å². The topological polar surface area (TPSA) is 47.3 Å². The number of nitrogens with zero attached hydrogens (tertiary/aromatic N) is 2. The molecular formula is C12H13BrN2O2. The smallest absolute Gasteiger partial charge is 0.120 e. The van der Waals surface area contributed by atoms with Crippen molar-refractivity contribution in [3.63, 3.8) is 0 Å². The Kier molecular flexibility index (Phi) is 4.17. The number of hydrogen-bond acceptors (Lipinski definition) is 3. The van der Waals surface area contributed by atoms with Crippen LogP contribution in [0, 0.1) is 0 Å². The number of hydrogen-bond donors (Lipinski definition) is 1. The zero-order valence-corrected chi connectivity index (χ0v) is 10.8. The third kappa shape index (κ3) is 3.57. The molecule has 4 nitrogen and oxygen atoms in total. The van der Waals surface area contributed by atoms with E-state index in [0.717, 1.165) is 15.8 Å². The van der Waals surface area contributed by atoms with Crippen molar-refractivity contribution in [2.45, 2.75) is 13.2 Å². The molecule has 0 atom stereocenters. The summed E-state index contributed by atoms with van der Waals surface area (Å²) in [6.45, 7) is 1.22. The van der Waals surface area contributed by atoms with E-state index in [1.807, 2.05) is 30.5 Å². The maximum Gasteiger partial charge on any atom is 0.120 e. The van der Waals surface area contributed by atoms with Crippen LogP contribution in [-0.2, 0) is 13.2 Å². The Hall–Kier alpha value is -1.33. The molecular weight excluding hydrogens is 284 g/mol. The van der Waals surface area contributed by atoms with E-state index in [-0.39, 0.29) is 6.61 Å². The van der Waals surface area contributed by atoms with Crippen LogP contribution in [0.1, 0.15) is 5.56 Å². The second-order valence-corrected chi connectivity index (χ2v) is 4.49. The average molecular weight is 297 g/mol. The van der Waals surface area contributed by atoms with Crippen molar-refractivity contribution in [3.8, 4) is 5.75 Å². The first-order valence-electron chi connectivity index (χ1n) is 5.28.